The van der Waals surface area contributed by atoms with Crippen molar-refractivity contribution in [2.75, 3.05) is 19.3 Å². The van der Waals surface area contributed by atoms with Crippen molar-refractivity contribution in [3.05, 3.63) is 64.6 Å². The first kappa shape index (κ1) is 20.4. The average Bonchev–Trinajstić information content (AvgIpc) is 3.26. The summed E-state index contributed by atoms with van der Waals surface area (Å²) in [6, 6.07) is 9.89. The molecule has 0 aliphatic carbocycles. The molecule has 0 N–H and O–H groups in total. The van der Waals surface area contributed by atoms with E-state index in [1.165, 1.54) is 25.5 Å². The number of nitrogens with zero attached hydrogens (tertiary/aromatic N) is 1. The molecule has 7 nitrogen and oxygen atoms in total. The maximum atomic E-state index is 13.0. The van der Waals surface area contributed by atoms with Crippen LogP contribution in [0.4, 0.5) is 5.69 Å². The Bertz CT molecular complexity index is 849. The number of ether oxygens (including phenoxy) is 2. The van der Waals surface area contributed by atoms with Crippen molar-refractivity contribution in [2.45, 2.75) is 18.6 Å². The van der Waals surface area contributed by atoms with Gasteiger partial charge in [0.1, 0.15) is 17.9 Å². The second-order valence-electron chi connectivity index (χ2n) is 6.23. The molecule has 8 heteroatoms. The minimum absolute atomic E-state index is 0.00112. The van der Waals surface area contributed by atoms with Gasteiger partial charge in [0, 0.05) is 9.99 Å². The molecular weight excluding hydrogens is 477 g/mol. The quantitative estimate of drug-likeness (QED) is 0.270. The van der Waals surface area contributed by atoms with Gasteiger partial charge >= 0.3 is 11.9 Å². The Morgan fingerprint density at radius 1 is 1.21 bits per heavy atom. The Morgan fingerprint density at radius 2 is 1.89 bits per heavy atom. The molecule has 0 radical (unpaired) electrons. The summed E-state index contributed by atoms with van der Waals surface area (Å²) in [5.41, 5.74) is -1.04. The molecule has 1 aromatic carbocycles. The van der Waals surface area contributed by atoms with E-state index in [0.29, 0.717) is 11.4 Å². The number of hydroxylamine groups is 1. The number of benzene rings is 1. The summed E-state index contributed by atoms with van der Waals surface area (Å²) in [5.74, 6) is -1.09. The molecule has 0 spiro atoms. The molecule has 1 aromatic heterocycles. The fourth-order valence-corrected chi connectivity index (χ4v) is 4.09. The molecule has 148 valence electrons. The highest BCUT2D eigenvalue weighted by molar-refractivity contribution is 14.1. The predicted molar refractivity (Wildman–Crippen MR) is 109 cm³/mol. The zero-order chi connectivity index (χ0) is 20.3. The Morgan fingerprint density at radius 3 is 2.43 bits per heavy atom. The van der Waals surface area contributed by atoms with Gasteiger partial charge in [-0.3, -0.25) is 14.4 Å². The highest BCUT2D eigenvalue weighted by atomic mass is 127. The summed E-state index contributed by atoms with van der Waals surface area (Å²) in [5, 5.41) is 1.52. The van der Waals surface area contributed by atoms with Gasteiger partial charge in [-0.25, -0.2) is 5.06 Å². The fourth-order valence-electron chi connectivity index (χ4n) is 3.47. The summed E-state index contributed by atoms with van der Waals surface area (Å²) in [6.45, 7) is 3.78. The van der Waals surface area contributed by atoms with Gasteiger partial charge < -0.3 is 13.9 Å². The summed E-state index contributed by atoms with van der Waals surface area (Å²) >= 11 is 2.16. The summed E-state index contributed by atoms with van der Waals surface area (Å²) in [4.78, 5) is 32.2. The molecule has 1 saturated heterocycles. The maximum Gasteiger partial charge on any atom is 0.326 e. The van der Waals surface area contributed by atoms with Gasteiger partial charge in [-0.05, 0) is 46.9 Å². The van der Waals surface area contributed by atoms with Crippen LogP contribution < -0.4 is 5.06 Å². The number of furan rings is 1. The van der Waals surface area contributed by atoms with Gasteiger partial charge in [-0.2, -0.15) is 0 Å². The molecule has 1 aliphatic heterocycles. The first-order valence-electron chi connectivity index (χ1n) is 8.53. The second-order valence-corrected chi connectivity index (χ2v) is 7.40. The summed E-state index contributed by atoms with van der Waals surface area (Å²) < 4.78 is 16.6. The van der Waals surface area contributed by atoms with Crippen molar-refractivity contribution in [3.63, 3.8) is 0 Å². The van der Waals surface area contributed by atoms with E-state index in [1.807, 2.05) is 24.3 Å². The van der Waals surface area contributed by atoms with Crippen LogP contribution in [0.2, 0.25) is 0 Å². The Kier molecular flexibility index (Phi) is 6.09. The van der Waals surface area contributed by atoms with Crippen LogP contribution in [0.1, 0.15) is 18.2 Å². The van der Waals surface area contributed by atoms with Gasteiger partial charge in [-0.1, -0.05) is 18.2 Å². The third kappa shape index (κ3) is 3.30. The number of anilines is 1. The molecule has 2 heterocycles. The van der Waals surface area contributed by atoms with Gasteiger partial charge in [-0.15, -0.1) is 6.58 Å². The van der Waals surface area contributed by atoms with Crippen molar-refractivity contribution in [2.24, 2.45) is 5.41 Å². The lowest BCUT2D eigenvalue weighted by Crippen LogP contribution is -2.58. The van der Waals surface area contributed by atoms with Crippen molar-refractivity contribution < 1.29 is 28.3 Å². The van der Waals surface area contributed by atoms with E-state index in [9.17, 15) is 9.59 Å². The van der Waals surface area contributed by atoms with E-state index in [4.69, 9.17) is 18.7 Å². The van der Waals surface area contributed by atoms with Gasteiger partial charge in [0.25, 0.3) is 0 Å². The number of esters is 2. The molecule has 2 atom stereocenters. The molecular formula is C20H20INO6. The van der Waals surface area contributed by atoms with Crippen molar-refractivity contribution >= 4 is 40.2 Å². The zero-order valence-electron chi connectivity index (χ0n) is 15.5. The Balaban J connectivity index is 2.29. The molecule has 3 rings (SSSR count). The van der Waals surface area contributed by atoms with E-state index in [1.54, 1.807) is 18.2 Å². The van der Waals surface area contributed by atoms with Gasteiger partial charge in [0.2, 0.25) is 0 Å². The number of hydrogen-bond acceptors (Lipinski definition) is 7. The lowest BCUT2D eigenvalue weighted by atomic mass is 9.73. The SMILES string of the molecule is C=C[C@H]1CC(C(=O)OC)(C(=O)OC)[C@@H](c2ccco2)N(c2ccccc2I)O1. The van der Waals surface area contributed by atoms with Crippen LogP contribution in [0.3, 0.4) is 0 Å². The molecule has 1 fully saturated rings. The van der Waals surface area contributed by atoms with E-state index >= 15 is 0 Å². The fraction of sp³-hybridized carbons (Fsp3) is 0.300. The smallest absolute Gasteiger partial charge is 0.326 e. The number of halogens is 1. The third-order valence-electron chi connectivity index (χ3n) is 4.74. The largest absolute Gasteiger partial charge is 0.468 e. The molecule has 0 amide bonds. The topological polar surface area (TPSA) is 78.2 Å². The standard InChI is InChI=1S/C20H20INO6/c1-4-13-12-20(18(23)25-2,19(24)26-3)17(16-10-7-11-27-16)22(28-13)15-9-6-5-8-14(15)21/h4-11,13,17H,1,12H2,2-3H3/t13-,17+/m0/s1. The number of carbonyl (C=O) groups is 2. The average molecular weight is 497 g/mol. The Hall–Kier alpha value is -2.33. The molecule has 0 unspecified atom stereocenters. The second kappa shape index (κ2) is 8.36. The van der Waals surface area contributed by atoms with Crippen molar-refractivity contribution in [3.8, 4) is 0 Å². The minimum Gasteiger partial charge on any atom is -0.468 e. The van der Waals surface area contributed by atoms with Crippen LogP contribution in [0, 0.1) is 8.99 Å². The third-order valence-corrected chi connectivity index (χ3v) is 5.65. The van der Waals surface area contributed by atoms with Gasteiger partial charge in [0.05, 0.1) is 26.2 Å². The van der Waals surface area contributed by atoms with Crippen molar-refractivity contribution in [1.82, 2.24) is 0 Å². The lowest BCUT2D eigenvalue weighted by Gasteiger charge is -2.47. The number of para-hydroxylation sites is 1. The van der Waals surface area contributed by atoms with Gasteiger partial charge in [0.15, 0.2) is 5.41 Å². The first-order chi connectivity index (χ1) is 13.5. The minimum atomic E-state index is -1.71. The number of carbonyl (C=O) groups excluding carboxylic acids is 2. The number of hydrogen-bond donors (Lipinski definition) is 0. The Labute approximate surface area is 176 Å². The van der Waals surface area contributed by atoms with Crippen LogP contribution in [0.5, 0.6) is 0 Å². The molecule has 2 aromatic rings. The normalized spacial score (nSPS) is 21.0. The monoisotopic (exact) mass is 497 g/mol. The number of rotatable bonds is 5. The summed E-state index contributed by atoms with van der Waals surface area (Å²) in [6.07, 6.45) is 2.39. The van der Waals surface area contributed by atoms with Crippen LogP contribution in [0.25, 0.3) is 0 Å². The van der Waals surface area contributed by atoms with Crippen LogP contribution >= 0.6 is 22.6 Å². The van der Waals surface area contributed by atoms with Crippen LogP contribution in [-0.4, -0.2) is 32.3 Å². The van der Waals surface area contributed by atoms with E-state index in [0.717, 1.165) is 3.57 Å². The van der Waals surface area contributed by atoms with E-state index in [-0.39, 0.29) is 6.42 Å². The number of methoxy groups -OCH3 is 2. The highest BCUT2D eigenvalue weighted by Crippen LogP contribution is 2.51. The lowest BCUT2D eigenvalue weighted by molar-refractivity contribution is -0.184. The zero-order valence-corrected chi connectivity index (χ0v) is 17.6. The molecule has 1 aliphatic rings. The summed E-state index contributed by atoms with van der Waals surface area (Å²) in [7, 11) is 2.47. The van der Waals surface area contributed by atoms with Crippen molar-refractivity contribution in [1.29, 1.82) is 0 Å². The molecule has 28 heavy (non-hydrogen) atoms. The first-order valence-corrected chi connectivity index (χ1v) is 9.60. The van der Waals surface area contributed by atoms with Crippen LogP contribution in [-0.2, 0) is 23.9 Å². The van der Waals surface area contributed by atoms with Crippen LogP contribution in [0.15, 0.2) is 59.7 Å². The molecule has 0 bridgehead atoms. The predicted octanol–water partition coefficient (Wildman–Crippen LogP) is 3.65. The highest BCUT2D eigenvalue weighted by Gasteiger charge is 2.63. The van der Waals surface area contributed by atoms with E-state index in [2.05, 4.69) is 29.2 Å². The molecule has 0 saturated carbocycles. The maximum absolute atomic E-state index is 13.0. The van der Waals surface area contributed by atoms with E-state index < -0.39 is 29.5 Å².